The summed E-state index contributed by atoms with van der Waals surface area (Å²) in [6.07, 6.45) is 2.07. The van der Waals surface area contributed by atoms with Gasteiger partial charge in [0.05, 0.1) is 6.54 Å². The van der Waals surface area contributed by atoms with E-state index in [1.54, 1.807) is 62.6 Å². The van der Waals surface area contributed by atoms with E-state index >= 15 is 0 Å². The molecule has 2 aromatic carbocycles. The zero-order valence-electron chi connectivity index (χ0n) is 16.8. The Balaban J connectivity index is 1.57. The molecule has 0 bridgehead atoms. The van der Waals surface area contributed by atoms with Crippen molar-refractivity contribution in [2.24, 2.45) is 0 Å². The van der Waals surface area contributed by atoms with Gasteiger partial charge in [-0.05, 0) is 49.2 Å². The van der Waals surface area contributed by atoms with Gasteiger partial charge < -0.3 is 20.4 Å². The summed E-state index contributed by atoms with van der Waals surface area (Å²) in [7, 11) is 3.39. The molecule has 29 heavy (non-hydrogen) atoms. The first-order valence-electron chi connectivity index (χ1n) is 9.69. The summed E-state index contributed by atoms with van der Waals surface area (Å²) in [5.74, 6) is -0.336. The molecular weight excluding hydrogens is 368 g/mol. The molecular formula is C22H26N4O3. The van der Waals surface area contributed by atoms with Crippen LogP contribution in [0.15, 0.2) is 48.5 Å². The van der Waals surface area contributed by atoms with Gasteiger partial charge in [-0.2, -0.15) is 0 Å². The third-order valence-electron chi connectivity index (χ3n) is 4.76. The molecule has 0 aromatic heterocycles. The van der Waals surface area contributed by atoms with Crippen molar-refractivity contribution in [3.8, 4) is 0 Å². The first kappa shape index (κ1) is 20.4. The Morgan fingerprint density at radius 1 is 0.931 bits per heavy atom. The summed E-state index contributed by atoms with van der Waals surface area (Å²) >= 11 is 0. The van der Waals surface area contributed by atoms with Gasteiger partial charge in [0, 0.05) is 49.7 Å². The average molecular weight is 394 g/mol. The lowest BCUT2D eigenvalue weighted by molar-refractivity contribution is -0.114. The summed E-state index contributed by atoms with van der Waals surface area (Å²) in [5, 5.41) is 5.83. The lowest BCUT2D eigenvalue weighted by atomic mass is 10.1. The first-order valence-corrected chi connectivity index (χ1v) is 9.69. The van der Waals surface area contributed by atoms with Crippen LogP contribution in [0.3, 0.4) is 0 Å². The van der Waals surface area contributed by atoms with E-state index in [0.29, 0.717) is 22.5 Å². The highest BCUT2D eigenvalue weighted by molar-refractivity contribution is 5.98. The minimum Gasteiger partial charge on any atom is -0.376 e. The van der Waals surface area contributed by atoms with Gasteiger partial charge in [-0.3, -0.25) is 14.4 Å². The van der Waals surface area contributed by atoms with E-state index in [4.69, 9.17) is 0 Å². The average Bonchev–Trinajstić information content (AvgIpc) is 3.26. The number of nitrogens with zero attached hydrogens (tertiary/aromatic N) is 2. The molecule has 1 fully saturated rings. The minimum absolute atomic E-state index is 0.000835. The van der Waals surface area contributed by atoms with E-state index in [9.17, 15) is 14.4 Å². The monoisotopic (exact) mass is 394 g/mol. The van der Waals surface area contributed by atoms with Crippen LogP contribution in [-0.2, 0) is 4.79 Å². The predicted molar refractivity (Wildman–Crippen MR) is 113 cm³/mol. The summed E-state index contributed by atoms with van der Waals surface area (Å²) < 4.78 is 0. The highest BCUT2D eigenvalue weighted by atomic mass is 16.2. The zero-order valence-corrected chi connectivity index (χ0v) is 16.8. The van der Waals surface area contributed by atoms with Crippen molar-refractivity contribution >= 4 is 29.1 Å². The first-order chi connectivity index (χ1) is 13.9. The van der Waals surface area contributed by atoms with Crippen molar-refractivity contribution in [2.75, 3.05) is 44.4 Å². The third-order valence-corrected chi connectivity index (χ3v) is 4.76. The van der Waals surface area contributed by atoms with E-state index in [2.05, 4.69) is 10.6 Å². The second kappa shape index (κ2) is 9.23. The molecule has 1 heterocycles. The molecule has 1 aliphatic rings. The standard InChI is InChI=1S/C22H26N4O3/c1-25(2)21(28)16-7-5-9-18(13-16)23-15-20(27)24-19-10-6-8-17(14-19)22(29)26-11-3-4-12-26/h5-10,13-14,23H,3-4,11-12,15H2,1-2H3,(H,24,27). The van der Waals surface area contributed by atoms with Crippen LogP contribution in [0, 0.1) is 0 Å². The van der Waals surface area contributed by atoms with Crippen LogP contribution >= 0.6 is 0 Å². The number of rotatable bonds is 6. The third kappa shape index (κ3) is 5.34. The van der Waals surface area contributed by atoms with Gasteiger partial charge in [-0.15, -0.1) is 0 Å². The molecule has 0 aliphatic carbocycles. The molecule has 2 aromatic rings. The fourth-order valence-corrected chi connectivity index (χ4v) is 3.24. The van der Waals surface area contributed by atoms with Crippen molar-refractivity contribution in [1.29, 1.82) is 0 Å². The van der Waals surface area contributed by atoms with E-state index in [0.717, 1.165) is 25.9 Å². The number of benzene rings is 2. The van der Waals surface area contributed by atoms with Crippen LogP contribution in [0.1, 0.15) is 33.6 Å². The fourth-order valence-electron chi connectivity index (χ4n) is 3.24. The van der Waals surface area contributed by atoms with Crippen molar-refractivity contribution in [2.45, 2.75) is 12.8 Å². The van der Waals surface area contributed by atoms with E-state index in [1.807, 2.05) is 4.90 Å². The summed E-state index contributed by atoms with van der Waals surface area (Å²) in [4.78, 5) is 40.2. The number of anilines is 2. The van der Waals surface area contributed by atoms with Gasteiger partial charge in [0.15, 0.2) is 0 Å². The zero-order chi connectivity index (χ0) is 20.8. The summed E-state index contributed by atoms with van der Waals surface area (Å²) in [6, 6.07) is 14.0. The number of nitrogens with one attached hydrogen (secondary N) is 2. The molecule has 1 aliphatic heterocycles. The largest absolute Gasteiger partial charge is 0.376 e. The number of carbonyl (C=O) groups is 3. The normalized spacial score (nSPS) is 13.1. The number of amides is 3. The van der Waals surface area contributed by atoms with Gasteiger partial charge in [0.2, 0.25) is 5.91 Å². The maximum absolute atomic E-state index is 12.5. The van der Waals surface area contributed by atoms with E-state index < -0.39 is 0 Å². The van der Waals surface area contributed by atoms with Crippen molar-refractivity contribution in [3.63, 3.8) is 0 Å². The summed E-state index contributed by atoms with van der Waals surface area (Å²) in [6.45, 7) is 1.62. The molecule has 0 atom stereocenters. The number of likely N-dealkylation sites (tertiary alicyclic amines) is 1. The maximum Gasteiger partial charge on any atom is 0.253 e. The second-order valence-electron chi connectivity index (χ2n) is 7.26. The minimum atomic E-state index is -0.236. The smallest absolute Gasteiger partial charge is 0.253 e. The highest BCUT2D eigenvalue weighted by Gasteiger charge is 2.19. The van der Waals surface area contributed by atoms with Crippen LogP contribution in [0.4, 0.5) is 11.4 Å². The van der Waals surface area contributed by atoms with Crippen molar-refractivity contribution in [3.05, 3.63) is 59.7 Å². The Morgan fingerprint density at radius 3 is 2.24 bits per heavy atom. The molecule has 152 valence electrons. The van der Waals surface area contributed by atoms with Crippen LogP contribution in [0.2, 0.25) is 0 Å². The van der Waals surface area contributed by atoms with Gasteiger partial charge in [0.25, 0.3) is 11.8 Å². The molecule has 0 radical (unpaired) electrons. The molecule has 1 saturated heterocycles. The molecule has 7 heteroatoms. The number of hydrogen-bond donors (Lipinski definition) is 2. The van der Waals surface area contributed by atoms with E-state index in [1.165, 1.54) is 4.90 Å². The van der Waals surface area contributed by atoms with Gasteiger partial charge >= 0.3 is 0 Å². The Kier molecular flexibility index (Phi) is 6.49. The van der Waals surface area contributed by atoms with Crippen molar-refractivity contribution in [1.82, 2.24) is 9.80 Å². The topological polar surface area (TPSA) is 81.8 Å². The Labute approximate surface area is 170 Å². The molecule has 0 unspecified atom stereocenters. The predicted octanol–water partition coefficient (Wildman–Crippen LogP) is 2.68. The number of hydrogen-bond acceptors (Lipinski definition) is 4. The Morgan fingerprint density at radius 2 is 1.55 bits per heavy atom. The number of carbonyl (C=O) groups excluding carboxylic acids is 3. The summed E-state index contributed by atoms with van der Waals surface area (Å²) in [5.41, 5.74) is 2.39. The molecule has 3 rings (SSSR count). The molecule has 7 nitrogen and oxygen atoms in total. The quantitative estimate of drug-likeness (QED) is 0.789. The van der Waals surface area contributed by atoms with Crippen molar-refractivity contribution < 1.29 is 14.4 Å². The lowest BCUT2D eigenvalue weighted by Gasteiger charge is -2.16. The highest BCUT2D eigenvalue weighted by Crippen LogP contribution is 2.17. The van der Waals surface area contributed by atoms with Crippen LogP contribution in [-0.4, -0.2) is 61.3 Å². The fraction of sp³-hybridized carbons (Fsp3) is 0.318. The molecule has 0 spiro atoms. The Hall–Kier alpha value is -3.35. The maximum atomic E-state index is 12.5. The van der Waals surface area contributed by atoms with Gasteiger partial charge in [-0.1, -0.05) is 12.1 Å². The molecule has 0 saturated carbocycles. The molecule has 2 N–H and O–H groups in total. The van der Waals surface area contributed by atoms with Crippen LogP contribution < -0.4 is 10.6 Å². The SMILES string of the molecule is CN(C)C(=O)c1cccc(NCC(=O)Nc2cccc(C(=O)N3CCCC3)c2)c1. The lowest BCUT2D eigenvalue weighted by Crippen LogP contribution is -2.27. The second-order valence-corrected chi connectivity index (χ2v) is 7.26. The van der Waals surface area contributed by atoms with Gasteiger partial charge in [-0.25, -0.2) is 0 Å². The van der Waals surface area contributed by atoms with E-state index in [-0.39, 0.29) is 24.3 Å². The van der Waals surface area contributed by atoms with Crippen LogP contribution in [0.5, 0.6) is 0 Å². The Bertz CT molecular complexity index is 904. The molecule has 3 amide bonds. The van der Waals surface area contributed by atoms with Crippen LogP contribution in [0.25, 0.3) is 0 Å². The van der Waals surface area contributed by atoms with Gasteiger partial charge in [0.1, 0.15) is 0 Å².